The molecule has 0 saturated heterocycles. The molecule has 4 nitrogen and oxygen atoms in total. The Balaban J connectivity index is 1.78. The molecule has 0 aliphatic rings. The molecule has 3 aromatic rings. The van der Waals surface area contributed by atoms with Gasteiger partial charge in [-0.15, -0.1) is 5.10 Å². The van der Waals surface area contributed by atoms with Crippen LogP contribution in [-0.4, -0.2) is 20.8 Å². The first kappa shape index (κ1) is 13.2. The lowest BCUT2D eigenvalue weighted by Crippen LogP contribution is -2.06. The number of hydrogen-bond donors (Lipinski definition) is 0. The van der Waals surface area contributed by atoms with Gasteiger partial charge in [-0.05, 0) is 24.6 Å². The number of carbonyl (C=O) groups is 1. The summed E-state index contributed by atoms with van der Waals surface area (Å²) in [4.78, 5) is 13.7. The van der Waals surface area contributed by atoms with Crippen molar-refractivity contribution >= 4 is 5.78 Å². The van der Waals surface area contributed by atoms with E-state index in [2.05, 4.69) is 10.2 Å². The van der Waals surface area contributed by atoms with Crippen molar-refractivity contribution in [2.75, 3.05) is 0 Å². The zero-order valence-electron chi connectivity index (χ0n) is 11.7. The Morgan fingerprint density at radius 3 is 2.67 bits per heavy atom. The Hall–Kier alpha value is -2.75. The number of aryl methyl sites for hydroxylation is 1. The molecular weight excluding hydrogens is 262 g/mol. The lowest BCUT2D eigenvalue weighted by Gasteiger charge is -2.00. The van der Waals surface area contributed by atoms with E-state index in [9.17, 15) is 4.79 Å². The second kappa shape index (κ2) is 5.71. The zero-order valence-corrected chi connectivity index (χ0v) is 11.7. The smallest absolute Gasteiger partial charge is 0.189 e. The van der Waals surface area contributed by atoms with Crippen molar-refractivity contribution in [2.45, 2.75) is 13.3 Å². The number of rotatable bonds is 4. The summed E-state index contributed by atoms with van der Waals surface area (Å²) in [7, 11) is 0. The van der Waals surface area contributed by atoms with Gasteiger partial charge in [0.05, 0.1) is 11.9 Å². The van der Waals surface area contributed by atoms with Gasteiger partial charge in [0.25, 0.3) is 0 Å². The second-order valence-corrected chi connectivity index (χ2v) is 4.94. The third kappa shape index (κ3) is 3.05. The van der Waals surface area contributed by atoms with E-state index in [0.717, 1.165) is 16.8 Å². The first-order valence-electron chi connectivity index (χ1n) is 6.79. The van der Waals surface area contributed by atoms with Crippen molar-refractivity contribution < 1.29 is 4.79 Å². The van der Waals surface area contributed by atoms with Crippen LogP contribution in [0.3, 0.4) is 0 Å². The molecule has 2 aromatic carbocycles. The van der Waals surface area contributed by atoms with Crippen LogP contribution in [-0.2, 0) is 6.42 Å². The van der Waals surface area contributed by atoms with Crippen molar-refractivity contribution in [3.63, 3.8) is 0 Å². The largest absolute Gasteiger partial charge is 0.292 e. The Bertz CT molecular complexity index is 762. The van der Waals surface area contributed by atoms with Crippen LogP contribution in [0.4, 0.5) is 0 Å². The van der Waals surface area contributed by atoms with Gasteiger partial charge in [-0.1, -0.05) is 48.0 Å². The lowest BCUT2D eigenvalue weighted by atomic mass is 10.1. The molecular formula is C17H15N3O. The topological polar surface area (TPSA) is 47.8 Å². The fourth-order valence-corrected chi connectivity index (χ4v) is 2.17. The van der Waals surface area contributed by atoms with Crippen LogP contribution >= 0.6 is 0 Å². The molecule has 0 spiro atoms. The predicted molar refractivity (Wildman–Crippen MR) is 80.6 cm³/mol. The number of aromatic nitrogens is 3. The average molecular weight is 277 g/mol. The summed E-state index contributed by atoms with van der Waals surface area (Å²) >= 11 is 0. The van der Waals surface area contributed by atoms with Crippen molar-refractivity contribution in [2.24, 2.45) is 0 Å². The molecule has 3 rings (SSSR count). The first-order chi connectivity index (χ1) is 10.2. The Labute approximate surface area is 123 Å². The van der Waals surface area contributed by atoms with Gasteiger partial charge < -0.3 is 0 Å². The molecule has 0 N–H and O–H groups in total. The van der Waals surface area contributed by atoms with E-state index < -0.39 is 0 Å². The van der Waals surface area contributed by atoms with Gasteiger partial charge in [0.1, 0.15) is 5.69 Å². The van der Waals surface area contributed by atoms with E-state index >= 15 is 0 Å². The minimum atomic E-state index is -0.0252. The van der Waals surface area contributed by atoms with Gasteiger partial charge in [0.15, 0.2) is 5.78 Å². The van der Waals surface area contributed by atoms with E-state index in [-0.39, 0.29) is 5.78 Å². The zero-order chi connectivity index (χ0) is 14.7. The highest BCUT2D eigenvalue weighted by Gasteiger charge is 2.12. The molecule has 0 aliphatic carbocycles. The molecule has 0 unspecified atom stereocenters. The number of para-hydroxylation sites is 1. The van der Waals surface area contributed by atoms with Gasteiger partial charge >= 0.3 is 0 Å². The molecule has 4 heteroatoms. The quantitative estimate of drug-likeness (QED) is 0.689. The third-order valence-corrected chi connectivity index (χ3v) is 3.21. The Morgan fingerprint density at radius 1 is 1.10 bits per heavy atom. The first-order valence-corrected chi connectivity index (χ1v) is 6.79. The molecule has 0 bridgehead atoms. The highest BCUT2D eigenvalue weighted by atomic mass is 16.1. The molecule has 0 fully saturated rings. The molecule has 0 amide bonds. The summed E-state index contributed by atoms with van der Waals surface area (Å²) in [5, 5.41) is 8.41. The van der Waals surface area contributed by atoms with Crippen LogP contribution in [0.25, 0.3) is 5.69 Å². The summed E-state index contributed by atoms with van der Waals surface area (Å²) in [5.41, 5.74) is 3.37. The summed E-state index contributed by atoms with van der Waals surface area (Å²) in [6, 6.07) is 17.5. The van der Waals surface area contributed by atoms with Gasteiger partial charge in [-0.3, -0.25) is 4.79 Å². The molecule has 0 atom stereocenters. The van der Waals surface area contributed by atoms with E-state index in [1.807, 2.05) is 61.5 Å². The summed E-state index contributed by atoms with van der Waals surface area (Å²) in [5.74, 6) is -0.0252. The van der Waals surface area contributed by atoms with Crippen LogP contribution in [0.5, 0.6) is 0 Å². The van der Waals surface area contributed by atoms with Crippen molar-refractivity contribution in [3.8, 4) is 5.69 Å². The van der Waals surface area contributed by atoms with Gasteiger partial charge in [-0.25, -0.2) is 0 Å². The van der Waals surface area contributed by atoms with Gasteiger partial charge in [0.2, 0.25) is 0 Å². The lowest BCUT2D eigenvalue weighted by molar-refractivity contribution is 0.0988. The van der Waals surface area contributed by atoms with Crippen LogP contribution < -0.4 is 0 Å². The standard InChI is InChI=1S/C17H15N3O/c1-13-6-5-7-14(10-13)11-17(21)16-12-18-20(19-16)15-8-3-2-4-9-15/h2-10,12H,11H2,1H3. The van der Waals surface area contributed by atoms with E-state index in [1.54, 1.807) is 0 Å². The van der Waals surface area contributed by atoms with E-state index in [0.29, 0.717) is 12.1 Å². The maximum Gasteiger partial charge on any atom is 0.189 e. The monoisotopic (exact) mass is 277 g/mol. The normalized spacial score (nSPS) is 10.5. The number of Topliss-reactive ketones (excluding diaryl/α,β-unsaturated/α-hetero) is 1. The van der Waals surface area contributed by atoms with Crippen molar-refractivity contribution in [3.05, 3.63) is 77.6 Å². The molecule has 104 valence electrons. The van der Waals surface area contributed by atoms with Crippen LogP contribution in [0.15, 0.2) is 60.8 Å². The second-order valence-electron chi connectivity index (χ2n) is 4.94. The molecule has 21 heavy (non-hydrogen) atoms. The fraction of sp³-hybridized carbons (Fsp3) is 0.118. The highest BCUT2D eigenvalue weighted by molar-refractivity contribution is 5.95. The number of carbonyl (C=O) groups excluding carboxylic acids is 1. The van der Waals surface area contributed by atoms with Crippen LogP contribution in [0.1, 0.15) is 21.6 Å². The summed E-state index contributed by atoms with van der Waals surface area (Å²) < 4.78 is 0. The van der Waals surface area contributed by atoms with Gasteiger partial charge in [0, 0.05) is 6.42 Å². The Kier molecular flexibility index (Phi) is 3.60. The van der Waals surface area contributed by atoms with Crippen molar-refractivity contribution in [1.82, 2.24) is 15.0 Å². The highest BCUT2D eigenvalue weighted by Crippen LogP contribution is 2.09. The minimum absolute atomic E-state index is 0.0252. The van der Waals surface area contributed by atoms with Crippen LogP contribution in [0, 0.1) is 6.92 Å². The molecule has 1 aromatic heterocycles. The maximum absolute atomic E-state index is 12.3. The van der Waals surface area contributed by atoms with Crippen LogP contribution in [0.2, 0.25) is 0 Å². The minimum Gasteiger partial charge on any atom is -0.292 e. The van der Waals surface area contributed by atoms with Crippen molar-refractivity contribution in [1.29, 1.82) is 0 Å². The molecule has 1 heterocycles. The number of nitrogens with zero attached hydrogens (tertiary/aromatic N) is 3. The fourth-order valence-electron chi connectivity index (χ4n) is 2.17. The molecule has 0 saturated carbocycles. The Morgan fingerprint density at radius 2 is 1.90 bits per heavy atom. The number of benzene rings is 2. The van der Waals surface area contributed by atoms with E-state index in [4.69, 9.17) is 0 Å². The summed E-state index contributed by atoms with van der Waals surface area (Å²) in [6.45, 7) is 2.01. The molecule has 0 aliphatic heterocycles. The SMILES string of the molecule is Cc1cccc(CC(=O)c2cnn(-c3ccccc3)n2)c1. The third-order valence-electron chi connectivity index (χ3n) is 3.21. The number of ketones is 1. The van der Waals surface area contributed by atoms with E-state index in [1.165, 1.54) is 11.0 Å². The average Bonchev–Trinajstić information content (AvgIpc) is 2.98. The predicted octanol–water partition coefficient (Wildman–Crippen LogP) is 3.00. The summed E-state index contributed by atoms with van der Waals surface area (Å²) in [6.07, 6.45) is 1.86. The van der Waals surface area contributed by atoms with Gasteiger partial charge in [-0.2, -0.15) is 9.90 Å². The molecule has 0 radical (unpaired) electrons. The number of hydrogen-bond acceptors (Lipinski definition) is 3. The maximum atomic E-state index is 12.3.